The highest BCUT2D eigenvalue weighted by Gasteiger charge is 2.08. The molecule has 2 rings (SSSR count). The largest absolute Gasteiger partial charge is 0.397 e. The summed E-state index contributed by atoms with van der Waals surface area (Å²) >= 11 is 4.98. The van der Waals surface area contributed by atoms with Crippen LogP contribution in [0.3, 0.4) is 0 Å². The number of nitrogens with zero attached hydrogens (tertiary/aromatic N) is 2. The molecule has 0 atom stereocenters. The van der Waals surface area contributed by atoms with Crippen LogP contribution in [0.1, 0.15) is 25.5 Å². The molecule has 2 aromatic rings. The average molecular weight is 313 g/mol. The first kappa shape index (κ1) is 12.3. The standard InChI is InChI=1S/C11H13BrN4S/c1-6(2)9-5-17-11(15-9)16-10-8(12)3-7(13)4-14-10/h3-6H,13H2,1-2H3,(H,14,15,16). The van der Waals surface area contributed by atoms with Gasteiger partial charge in [0.25, 0.3) is 0 Å². The number of thiazole rings is 1. The summed E-state index contributed by atoms with van der Waals surface area (Å²) in [6, 6.07) is 1.81. The number of pyridine rings is 1. The monoisotopic (exact) mass is 312 g/mol. The molecule has 0 aliphatic rings. The first-order valence-electron chi connectivity index (χ1n) is 5.19. The molecular weight excluding hydrogens is 300 g/mol. The lowest BCUT2D eigenvalue weighted by atomic mass is 10.2. The number of hydrogen-bond acceptors (Lipinski definition) is 5. The van der Waals surface area contributed by atoms with Crippen LogP contribution in [-0.4, -0.2) is 9.97 Å². The van der Waals surface area contributed by atoms with Crippen LogP contribution in [0.25, 0.3) is 0 Å². The summed E-state index contributed by atoms with van der Waals surface area (Å²) in [4.78, 5) is 8.69. The number of nitrogen functional groups attached to an aromatic ring is 1. The van der Waals surface area contributed by atoms with E-state index in [9.17, 15) is 0 Å². The second-order valence-electron chi connectivity index (χ2n) is 3.96. The molecule has 0 radical (unpaired) electrons. The van der Waals surface area contributed by atoms with E-state index in [1.165, 1.54) is 0 Å². The molecule has 4 nitrogen and oxygen atoms in total. The summed E-state index contributed by atoms with van der Waals surface area (Å²) < 4.78 is 0.832. The molecule has 0 saturated heterocycles. The molecule has 0 fully saturated rings. The van der Waals surface area contributed by atoms with Crippen LogP contribution in [0, 0.1) is 0 Å². The first-order valence-corrected chi connectivity index (χ1v) is 6.87. The van der Waals surface area contributed by atoms with Gasteiger partial charge in [0.15, 0.2) is 5.13 Å². The number of nitrogens with one attached hydrogen (secondary N) is 1. The van der Waals surface area contributed by atoms with Gasteiger partial charge in [0.1, 0.15) is 5.82 Å². The molecule has 0 spiro atoms. The SMILES string of the molecule is CC(C)c1csc(Nc2ncc(N)cc2Br)n1. The van der Waals surface area contributed by atoms with Crippen LogP contribution in [-0.2, 0) is 0 Å². The first-order chi connectivity index (χ1) is 8.06. The molecule has 3 N–H and O–H groups in total. The van der Waals surface area contributed by atoms with Gasteiger partial charge in [-0.15, -0.1) is 11.3 Å². The maximum absolute atomic E-state index is 5.63. The number of nitrogens with two attached hydrogens (primary N) is 1. The summed E-state index contributed by atoms with van der Waals surface area (Å²) in [6.45, 7) is 4.24. The van der Waals surface area contributed by atoms with Gasteiger partial charge in [-0.2, -0.15) is 0 Å². The Hall–Kier alpha value is -1.14. The van der Waals surface area contributed by atoms with E-state index in [0.717, 1.165) is 21.1 Å². The summed E-state index contributed by atoms with van der Waals surface area (Å²) in [5, 5.41) is 6.06. The van der Waals surface area contributed by atoms with Crippen molar-refractivity contribution in [1.82, 2.24) is 9.97 Å². The zero-order valence-electron chi connectivity index (χ0n) is 9.57. The fourth-order valence-corrected chi connectivity index (χ4v) is 2.59. The van der Waals surface area contributed by atoms with Crippen molar-refractivity contribution in [2.45, 2.75) is 19.8 Å². The van der Waals surface area contributed by atoms with E-state index in [0.29, 0.717) is 11.6 Å². The molecule has 0 unspecified atom stereocenters. The van der Waals surface area contributed by atoms with Crippen molar-refractivity contribution in [2.75, 3.05) is 11.1 Å². The van der Waals surface area contributed by atoms with Gasteiger partial charge >= 0.3 is 0 Å². The second kappa shape index (κ2) is 5.01. The lowest BCUT2D eigenvalue weighted by Gasteiger charge is -2.04. The van der Waals surface area contributed by atoms with Gasteiger partial charge in [0.2, 0.25) is 0 Å². The summed E-state index contributed by atoms with van der Waals surface area (Å²) in [5.74, 6) is 1.16. The highest BCUT2D eigenvalue weighted by Crippen LogP contribution is 2.28. The van der Waals surface area contributed by atoms with Crippen molar-refractivity contribution < 1.29 is 0 Å². The quantitative estimate of drug-likeness (QED) is 0.906. The number of anilines is 3. The third-order valence-electron chi connectivity index (χ3n) is 2.20. The predicted octanol–water partition coefficient (Wildman–Crippen LogP) is 3.75. The number of hydrogen-bond donors (Lipinski definition) is 2. The Bertz CT molecular complexity index is 524. The Morgan fingerprint density at radius 3 is 2.82 bits per heavy atom. The summed E-state index contributed by atoms with van der Waals surface area (Å²) in [5.41, 5.74) is 7.35. The van der Waals surface area contributed by atoms with Crippen molar-refractivity contribution in [2.24, 2.45) is 0 Å². The molecule has 17 heavy (non-hydrogen) atoms. The van der Waals surface area contributed by atoms with Crippen LogP contribution in [0.5, 0.6) is 0 Å². The minimum Gasteiger partial charge on any atom is -0.397 e. The predicted molar refractivity (Wildman–Crippen MR) is 75.8 cm³/mol. The van der Waals surface area contributed by atoms with Gasteiger partial charge < -0.3 is 11.1 Å². The number of halogens is 1. The fourth-order valence-electron chi connectivity index (χ4n) is 1.25. The zero-order valence-corrected chi connectivity index (χ0v) is 12.0. The van der Waals surface area contributed by atoms with E-state index >= 15 is 0 Å². The van der Waals surface area contributed by atoms with E-state index in [-0.39, 0.29) is 0 Å². The van der Waals surface area contributed by atoms with Crippen molar-refractivity contribution in [3.05, 3.63) is 27.8 Å². The smallest absolute Gasteiger partial charge is 0.188 e. The lowest BCUT2D eigenvalue weighted by molar-refractivity contribution is 0.834. The molecular formula is C11H13BrN4S. The van der Waals surface area contributed by atoms with Crippen LogP contribution in [0.4, 0.5) is 16.6 Å². The number of aromatic nitrogens is 2. The van der Waals surface area contributed by atoms with Crippen LogP contribution in [0.2, 0.25) is 0 Å². The summed E-state index contributed by atoms with van der Waals surface area (Å²) in [7, 11) is 0. The van der Waals surface area contributed by atoms with Crippen molar-refractivity contribution in [3.63, 3.8) is 0 Å². The van der Waals surface area contributed by atoms with Gasteiger partial charge in [0, 0.05) is 5.38 Å². The minimum atomic E-state index is 0.435. The molecule has 90 valence electrons. The molecule has 0 amide bonds. The highest BCUT2D eigenvalue weighted by molar-refractivity contribution is 9.10. The van der Waals surface area contributed by atoms with Crippen molar-refractivity contribution in [3.8, 4) is 0 Å². The Balaban J connectivity index is 2.19. The molecule has 2 aromatic heterocycles. The van der Waals surface area contributed by atoms with Gasteiger partial charge in [-0.1, -0.05) is 13.8 Å². The maximum atomic E-state index is 5.63. The topological polar surface area (TPSA) is 63.8 Å². The zero-order chi connectivity index (χ0) is 12.4. The Morgan fingerprint density at radius 2 is 2.24 bits per heavy atom. The Morgan fingerprint density at radius 1 is 1.47 bits per heavy atom. The van der Waals surface area contributed by atoms with Gasteiger partial charge in [-0.25, -0.2) is 9.97 Å². The van der Waals surface area contributed by atoms with E-state index < -0.39 is 0 Å². The molecule has 2 heterocycles. The molecule has 0 bridgehead atoms. The normalized spacial score (nSPS) is 10.8. The molecule has 0 aliphatic heterocycles. The Labute approximate surface area is 112 Å². The van der Waals surface area contributed by atoms with Crippen LogP contribution in [0.15, 0.2) is 22.1 Å². The Kier molecular flexibility index (Phi) is 3.63. The fraction of sp³-hybridized carbons (Fsp3) is 0.273. The van der Waals surface area contributed by atoms with Gasteiger partial charge in [-0.3, -0.25) is 0 Å². The lowest BCUT2D eigenvalue weighted by Crippen LogP contribution is -1.96. The highest BCUT2D eigenvalue weighted by atomic mass is 79.9. The average Bonchev–Trinajstić information content (AvgIpc) is 2.71. The summed E-state index contributed by atoms with van der Waals surface area (Å²) in [6.07, 6.45) is 1.62. The van der Waals surface area contributed by atoms with Gasteiger partial charge in [0.05, 0.1) is 22.1 Å². The minimum absolute atomic E-state index is 0.435. The van der Waals surface area contributed by atoms with E-state index in [1.54, 1.807) is 17.5 Å². The number of rotatable bonds is 3. The van der Waals surface area contributed by atoms with E-state index in [1.807, 2.05) is 6.07 Å². The molecule has 6 heteroatoms. The van der Waals surface area contributed by atoms with E-state index in [2.05, 4.69) is 50.4 Å². The maximum Gasteiger partial charge on any atom is 0.188 e. The van der Waals surface area contributed by atoms with E-state index in [4.69, 9.17) is 5.73 Å². The van der Waals surface area contributed by atoms with Gasteiger partial charge in [-0.05, 0) is 27.9 Å². The van der Waals surface area contributed by atoms with Crippen LogP contribution >= 0.6 is 27.3 Å². The molecule has 0 aromatic carbocycles. The molecule has 0 saturated carbocycles. The van der Waals surface area contributed by atoms with Crippen molar-refractivity contribution in [1.29, 1.82) is 0 Å². The second-order valence-corrected chi connectivity index (χ2v) is 5.67. The third-order valence-corrected chi connectivity index (χ3v) is 3.58. The molecule has 0 aliphatic carbocycles. The van der Waals surface area contributed by atoms with Crippen molar-refractivity contribution >= 4 is 43.9 Å². The van der Waals surface area contributed by atoms with Crippen LogP contribution < -0.4 is 11.1 Å². The third kappa shape index (κ3) is 2.95.